The molecule has 0 fully saturated rings. The van der Waals surface area contributed by atoms with E-state index in [9.17, 15) is 0 Å². The number of fused-ring (bicyclic) bond motifs is 1. The predicted octanol–water partition coefficient (Wildman–Crippen LogP) is 1.11. The molecule has 0 aliphatic carbocycles. The van der Waals surface area contributed by atoms with Gasteiger partial charge in [0.25, 0.3) is 0 Å². The standard InChI is InChI=1S/C9H16N4/c1-7(2)12-8-4-3-5-13-9(8)10-6-11-13/h6-8,12H,3-5H2,1-2H3. The summed E-state index contributed by atoms with van der Waals surface area (Å²) in [5.74, 6) is 1.10. The molecule has 1 aromatic rings. The van der Waals surface area contributed by atoms with E-state index in [2.05, 4.69) is 29.2 Å². The Morgan fingerprint density at radius 2 is 2.46 bits per heavy atom. The van der Waals surface area contributed by atoms with E-state index in [4.69, 9.17) is 0 Å². The van der Waals surface area contributed by atoms with Crippen molar-refractivity contribution in [1.29, 1.82) is 0 Å². The van der Waals surface area contributed by atoms with Crippen LogP contribution in [0.1, 0.15) is 38.6 Å². The molecule has 0 radical (unpaired) electrons. The molecule has 0 bridgehead atoms. The number of aromatic nitrogens is 3. The Bertz CT molecular complexity index is 279. The Labute approximate surface area is 78.4 Å². The van der Waals surface area contributed by atoms with Gasteiger partial charge in [-0.25, -0.2) is 9.67 Å². The minimum absolute atomic E-state index is 0.399. The van der Waals surface area contributed by atoms with Crippen molar-refractivity contribution in [3.63, 3.8) is 0 Å². The first kappa shape index (κ1) is 8.69. The molecule has 0 aromatic carbocycles. The van der Waals surface area contributed by atoms with Crippen LogP contribution in [0.15, 0.2) is 6.33 Å². The summed E-state index contributed by atoms with van der Waals surface area (Å²) in [6, 6.07) is 0.907. The zero-order valence-corrected chi connectivity index (χ0v) is 8.20. The number of nitrogens with one attached hydrogen (secondary N) is 1. The highest BCUT2D eigenvalue weighted by molar-refractivity contribution is 4.97. The lowest BCUT2D eigenvalue weighted by molar-refractivity contribution is 0.349. The van der Waals surface area contributed by atoms with Gasteiger partial charge in [0.15, 0.2) is 0 Å². The van der Waals surface area contributed by atoms with Crippen molar-refractivity contribution in [2.45, 2.75) is 45.3 Å². The van der Waals surface area contributed by atoms with Crippen LogP contribution in [-0.2, 0) is 6.54 Å². The topological polar surface area (TPSA) is 42.7 Å². The average molecular weight is 180 g/mol. The van der Waals surface area contributed by atoms with Crippen molar-refractivity contribution in [2.75, 3.05) is 0 Å². The number of hydrogen-bond donors (Lipinski definition) is 1. The summed E-state index contributed by atoms with van der Waals surface area (Å²) in [7, 11) is 0. The molecule has 1 unspecified atom stereocenters. The van der Waals surface area contributed by atoms with Crippen molar-refractivity contribution in [3.05, 3.63) is 12.2 Å². The first-order valence-electron chi connectivity index (χ1n) is 4.91. The Balaban J connectivity index is 2.15. The van der Waals surface area contributed by atoms with Crippen molar-refractivity contribution in [3.8, 4) is 0 Å². The van der Waals surface area contributed by atoms with Crippen molar-refractivity contribution < 1.29 is 0 Å². The largest absolute Gasteiger partial charge is 0.305 e. The highest BCUT2D eigenvalue weighted by Crippen LogP contribution is 2.22. The molecule has 0 amide bonds. The van der Waals surface area contributed by atoms with Gasteiger partial charge in [0, 0.05) is 12.6 Å². The lowest BCUT2D eigenvalue weighted by Crippen LogP contribution is -2.33. The van der Waals surface area contributed by atoms with Crippen molar-refractivity contribution >= 4 is 0 Å². The molecular formula is C9H16N4. The average Bonchev–Trinajstić information content (AvgIpc) is 2.51. The van der Waals surface area contributed by atoms with Crippen LogP contribution in [0.3, 0.4) is 0 Å². The minimum atomic E-state index is 0.399. The van der Waals surface area contributed by atoms with Crippen LogP contribution < -0.4 is 5.32 Å². The van der Waals surface area contributed by atoms with E-state index in [0.29, 0.717) is 12.1 Å². The molecule has 2 rings (SSSR count). The Morgan fingerprint density at radius 3 is 3.23 bits per heavy atom. The van der Waals surface area contributed by atoms with Gasteiger partial charge in [0.05, 0.1) is 6.04 Å². The number of nitrogens with zero attached hydrogens (tertiary/aromatic N) is 3. The molecule has 1 aliphatic rings. The van der Waals surface area contributed by atoms with Gasteiger partial charge in [-0.1, -0.05) is 13.8 Å². The third-order valence-corrected chi connectivity index (χ3v) is 2.35. The fourth-order valence-electron chi connectivity index (χ4n) is 1.85. The first-order chi connectivity index (χ1) is 6.27. The van der Waals surface area contributed by atoms with E-state index in [0.717, 1.165) is 12.4 Å². The molecule has 0 saturated carbocycles. The maximum atomic E-state index is 4.28. The highest BCUT2D eigenvalue weighted by atomic mass is 15.3. The smallest absolute Gasteiger partial charge is 0.143 e. The van der Waals surface area contributed by atoms with E-state index < -0.39 is 0 Å². The van der Waals surface area contributed by atoms with Gasteiger partial charge in [-0.15, -0.1) is 0 Å². The molecule has 0 spiro atoms. The fourth-order valence-corrected chi connectivity index (χ4v) is 1.85. The van der Waals surface area contributed by atoms with E-state index >= 15 is 0 Å². The maximum absolute atomic E-state index is 4.28. The SMILES string of the molecule is CC(C)NC1CCCn2ncnc21. The summed E-state index contributed by atoms with van der Waals surface area (Å²) >= 11 is 0. The second kappa shape index (κ2) is 3.46. The Hall–Kier alpha value is -0.900. The van der Waals surface area contributed by atoms with Crippen LogP contribution in [0, 0.1) is 0 Å². The monoisotopic (exact) mass is 180 g/mol. The summed E-state index contributed by atoms with van der Waals surface area (Å²) in [6.07, 6.45) is 4.02. The van der Waals surface area contributed by atoms with Gasteiger partial charge in [0.2, 0.25) is 0 Å². The van der Waals surface area contributed by atoms with E-state index in [1.807, 2.05) is 4.68 Å². The molecule has 2 heterocycles. The number of rotatable bonds is 2. The molecule has 4 heteroatoms. The van der Waals surface area contributed by atoms with Crippen LogP contribution >= 0.6 is 0 Å². The summed E-state index contributed by atoms with van der Waals surface area (Å²) in [5, 5.41) is 7.68. The summed E-state index contributed by atoms with van der Waals surface area (Å²) in [5.41, 5.74) is 0. The fraction of sp³-hybridized carbons (Fsp3) is 0.778. The predicted molar refractivity (Wildman–Crippen MR) is 50.3 cm³/mol. The zero-order valence-electron chi connectivity index (χ0n) is 8.20. The van der Waals surface area contributed by atoms with Crippen LogP contribution in [0.5, 0.6) is 0 Å². The molecule has 0 saturated heterocycles. The third kappa shape index (κ3) is 1.72. The Kier molecular flexibility index (Phi) is 2.31. The minimum Gasteiger partial charge on any atom is -0.305 e. The van der Waals surface area contributed by atoms with E-state index in [1.165, 1.54) is 12.8 Å². The third-order valence-electron chi connectivity index (χ3n) is 2.35. The van der Waals surface area contributed by atoms with E-state index in [1.54, 1.807) is 6.33 Å². The van der Waals surface area contributed by atoms with Gasteiger partial charge < -0.3 is 5.32 Å². The molecule has 13 heavy (non-hydrogen) atoms. The van der Waals surface area contributed by atoms with Gasteiger partial charge >= 0.3 is 0 Å². The molecular weight excluding hydrogens is 164 g/mol. The van der Waals surface area contributed by atoms with Gasteiger partial charge in [-0.2, -0.15) is 5.10 Å². The van der Waals surface area contributed by atoms with Gasteiger partial charge in [-0.05, 0) is 12.8 Å². The zero-order chi connectivity index (χ0) is 9.26. The van der Waals surface area contributed by atoms with Gasteiger partial charge in [-0.3, -0.25) is 0 Å². The molecule has 1 aromatic heterocycles. The van der Waals surface area contributed by atoms with Crippen LogP contribution in [0.4, 0.5) is 0 Å². The lowest BCUT2D eigenvalue weighted by atomic mass is 10.1. The van der Waals surface area contributed by atoms with Gasteiger partial charge in [0.1, 0.15) is 12.2 Å². The summed E-state index contributed by atoms with van der Waals surface area (Å²) in [4.78, 5) is 4.28. The van der Waals surface area contributed by atoms with E-state index in [-0.39, 0.29) is 0 Å². The Morgan fingerprint density at radius 1 is 1.62 bits per heavy atom. The summed E-state index contributed by atoms with van der Waals surface area (Å²) < 4.78 is 2.00. The molecule has 1 N–H and O–H groups in total. The van der Waals surface area contributed by atoms with Crippen molar-refractivity contribution in [2.24, 2.45) is 0 Å². The van der Waals surface area contributed by atoms with Crippen LogP contribution in [-0.4, -0.2) is 20.8 Å². The second-order valence-electron chi connectivity index (χ2n) is 3.86. The van der Waals surface area contributed by atoms with Crippen LogP contribution in [0.2, 0.25) is 0 Å². The number of aryl methyl sites for hydroxylation is 1. The lowest BCUT2D eigenvalue weighted by Gasteiger charge is -2.24. The molecule has 72 valence electrons. The second-order valence-corrected chi connectivity index (χ2v) is 3.86. The van der Waals surface area contributed by atoms with Crippen LogP contribution in [0.25, 0.3) is 0 Å². The number of hydrogen-bond acceptors (Lipinski definition) is 3. The summed E-state index contributed by atoms with van der Waals surface area (Å²) in [6.45, 7) is 5.34. The normalized spacial score (nSPS) is 21.9. The molecule has 4 nitrogen and oxygen atoms in total. The quantitative estimate of drug-likeness (QED) is 0.741. The first-order valence-corrected chi connectivity index (χ1v) is 4.91. The molecule has 1 aliphatic heterocycles. The maximum Gasteiger partial charge on any atom is 0.143 e. The highest BCUT2D eigenvalue weighted by Gasteiger charge is 2.22. The van der Waals surface area contributed by atoms with Crippen molar-refractivity contribution in [1.82, 2.24) is 20.1 Å². The molecule has 1 atom stereocenters.